The Morgan fingerprint density at radius 2 is 1.90 bits per heavy atom. The van der Waals surface area contributed by atoms with Crippen LogP contribution in [0.4, 0.5) is 0 Å². The van der Waals surface area contributed by atoms with Crippen LogP contribution in [0.5, 0.6) is 0 Å². The number of nitrogens with zero attached hydrogens (tertiary/aromatic N) is 4. The molecule has 2 heterocycles. The topological polar surface area (TPSA) is 63.1 Å². The minimum atomic E-state index is -0.212. The van der Waals surface area contributed by atoms with E-state index in [9.17, 15) is 4.79 Å². The number of benzene rings is 2. The number of amides is 1. The highest BCUT2D eigenvalue weighted by atomic mass is 35.5. The zero-order valence-corrected chi connectivity index (χ0v) is 17.1. The number of carbonyl (C=O) groups excluding carboxylic acids is 1. The fourth-order valence-corrected chi connectivity index (χ4v) is 4.04. The lowest BCUT2D eigenvalue weighted by atomic mass is 10.1. The number of halogens is 1. The molecule has 150 valence electrons. The summed E-state index contributed by atoms with van der Waals surface area (Å²) in [4.78, 5) is 15.3. The van der Waals surface area contributed by atoms with Gasteiger partial charge in [0.2, 0.25) is 0 Å². The van der Waals surface area contributed by atoms with E-state index in [4.69, 9.17) is 11.6 Å². The number of rotatable bonds is 6. The van der Waals surface area contributed by atoms with Crippen molar-refractivity contribution in [2.75, 3.05) is 19.6 Å². The van der Waals surface area contributed by atoms with Crippen molar-refractivity contribution >= 4 is 17.5 Å². The summed E-state index contributed by atoms with van der Waals surface area (Å²) in [5, 5.41) is 11.9. The lowest BCUT2D eigenvalue weighted by Gasteiger charge is -2.28. The van der Waals surface area contributed by atoms with Crippen LogP contribution in [0.3, 0.4) is 0 Å². The first-order chi connectivity index (χ1) is 14.1. The second kappa shape index (κ2) is 8.76. The van der Waals surface area contributed by atoms with Crippen molar-refractivity contribution in [3.05, 3.63) is 76.6 Å². The SMILES string of the molecule is Cc1c(C(=O)NCC(c2ccccc2)N2CCCC2)nnn1-c1cccc(Cl)c1. The molecule has 1 aliphatic rings. The number of aromatic nitrogens is 3. The highest BCUT2D eigenvalue weighted by molar-refractivity contribution is 6.30. The molecule has 1 atom stereocenters. The van der Waals surface area contributed by atoms with Crippen molar-refractivity contribution < 1.29 is 4.79 Å². The predicted octanol–water partition coefficient (Wildman–Crippen LogP) is 3.80. The summed E-state index contributed by atoms with van der Waals surface area (Å²) in [6, 6.07) is 17.8. The molecule has 0 saturated carbocycles. The predicted molar refractivity (Wildman–Crippen MR) is 113 cm³/mol. The number of nitrogens with one attached hydrogen (secondary N) is 1. The Bertz CT molecular complexity index is 982. The average molecular weight is 410 g/mol. The van der Waals surface area contributed by atoms with Crippen LogP contribution in [-0.2, 0) is 0 Å². The van der Waals surface area contributed by atoms with Crippen molar-refractivity contribution in [1.29, 1.82) is 0 Å². The normalized spacial score (nSPS) is 15.4. The van der Waals surface area contributed by atoms with Crippen LogP contribution in [0.25, 0.3) is 5.69 Å². The van der Waals surface area contributed by atoms with Crippen LogP contribution in [0.1, 0.15) is 40.6 Å². The van der Waals surface area contributed by atoms with Gasteiger partial charge in [-0.25, -0.2) is 4.68 Å². The minimum Gasteiger partial charge on any atom is -0.349 e. The third kappa shape index (κ3) is 4.33. The Kier molecular flexibility index (Phi) is 5.92. The maximum Gasteiger partial charge on any atom is 0.273 e. The molecule has 1 aliphatic heterocycles. The minimum absolute atomic E-state index is 0.158. The average Bonchev–Trinajstić information content (AvgIpc) is 3.39. The molecule has 0 spiro atoms. The lowest BCUT2D eigenvalue weighted by Crippen LogP contribution is -2.37. The van der Waals surface area contributed by atoms with E-state index in [1.54, 1.807) is 16.8 Å². The van der Waals surface area contributed by atoms with Gasteiger partial charge >= 0.3 is 0 Å². The Morgan fingerprint density at radius 3 is 2.62 bits per heavy atom. The number of likely N-dealkylation sites (tertiary alicyclic amines) is 1. The van der Waals surface area contributed by atoms with Crippen LogP contribution in [0.2, 0.25) is 5.02 Å². The van der Waals surface area contributed by atoms with Crippen LogP contribution in [0.15, 0.2) is 54.6 Å². The fraction of sp³-hybridized carbons (Fsp3) is 0.318. The summed E-state index contributed by atoms with van der Waals surface area (Å²) in [6.07, 6.45) is 2.40. The van der Waals surface area contributed by atoms with Gasteiger partial charge in [0.15, 0.2) is 5.69 Å². The molecule has 7 heteroatoms. The quantitative estimate of drug-likeness (QED) is 0.672. The van der Waals surface area contributed by atoms with E-state index >= 15 is 0 Å². The van der Waals surface area contributed by atoms with Gasteiger partial charge in [-0.05, 0) is 56.6 Å². The molecule has 0 aliphatic carbocycles. The van der Waals surface area contributed by atoms with E-state index < -0.39 is 0 Å². The van der Waals surface area contributed by atoms with E-state index in [0.717, 1.165) is 18.8 Å². The smallest absolute Gasteiger partial charge is 0.273 e. The first-order valence-corrected chi connectivity index (χ1v) is 10.3. The Morgan fingerprint density at radius 1 is 1.14 bits per heavy atom. The number of hydrogen-bond donors (Lipinski definition) is 1. The molecule has 1 amide bonds. The summed E-state index contributed by atoms with van der Waals surface area (Å²) in [5.74, 6) is -0.212. The van der Waals surface area contributed by atoms with Crippen molar-refractivity contribution in [2.45, 2.75) is 25.8 Å². The van der Waals surface area contributed by atoms with E-state index in [-0.39, 0.29) is 11.9 Å². The third-order valence-corrected chi connectivity index (χ3v) is 5.62. The van der Waals surface area contributed by atoms with E-state index in [0.29, 0.717) is 23.0 Å². The van der Waals surface area contributed by atoms with Gasteiger partial charge in [-0.1, -0.05) is 53.2 Å². The standard InChI is InChI=1S/C22H24ClN5O/c1-16-21(25-26-28(16)19-11-7-10-18(23)14-19)22(29)24-15-20(27-12-5-6-13-27)17-8-3-2-4-9-17/h2-4,7-11,14,20H,5-6,12-13,15H2,1H3,(H,24,29). The summed E-state index contributed by atoms with van der Waals surface area (Å²) in [6.45, 7) is 4.48. The molecule has 3 aromatic rings. The summed E-state index contributed by atoms with van der Waals surface area (Å²) in [7, 11) is 0. The van der Waals surface area contributed by atoms with Crippen molar-refractivity contribution in [1.82, 2.24) is 25.2 Å². The molecule has 0 bridgehead atoms. The number of carbonyl (C=O) groups is 1. The van der Waals surface area contributed by atoms with E-state index in [2.05, 4.69) is 32.7 Å². The molecule has 4 rings (SSSR count). The van der Waals surface area contributed by atoms with Gasteiger partial charge < -0.3 is 5.32 Å². The molecule has 1 fully saturated rings. The Labute approximate surface area is 175 Å². The second-order valence-corrected chi connectivity index (χ2v) is 7.73. The molecule has 1 unspecified atom stereocenters. The van der Waals surface area contributed by atoms with Gasteiger partial charge in [0, 0.05) is 11.6 Å². The highest BCUT2D eigenvalue weighted by Crippen LogP contribution is 2.24. The second-order valence-electron chi connectivity index (χ2n) is 7.29. The van der Waals surface area contributed by atoms with Crippen LogP contribution < -0.4 is 5.32 Å². The van der Waals surface area contributed by atoms with Crippen LogP contribution in [0, 0.1) is 6.92 Å². The molecular formula is C22H24ClN5O. The molecule has 29 heavy (non-hydrogen) atoms. The highest BCUT2D eigenvalue weighted by Gasteiger charge is 2.25. The van der Waals surface area contributed by atoms with E-state index in [1.807, 2.05) is 37.3 Å². The molecule has 1 saturated heterocycles. The van der Waals surface area contributed by atoms with Crippen LogP contribution in [-0.4, -0.2) is 45.4 Å². The van der Waals surface area contributed by atoms with Gasteiger partial charge in [0.25, 0.3) is 5.91 Å². The summed E-state index contributed by atoms with van der Waals surface area (Å²) < 4.78 is 1.63. The van der Waals surface area contributed by atoms with Crippen molar-refractivity contribution in [3.8, 4) is 5.69 Å². The fourth-order valence-electron chi connectivity index (χ4n) is 3.85. The van der Waals surface area contributed by atoms with Crippen molar-refractivity contribution in [3.63, 3.8) is 0 Å². The molecule has 1 aromatic heterocycles. The van der Waals surface area contributed by atoms with Crippen LogP contribution >= 0.6 is 11.6 Å². The van der Waals surface area contributed by atoms with Gasteiger partial charge in [-0.3, -0.25) is 9.69 Å². The van der Waals surface area contributed by atoms with Crippen molar-refractivity contribution in [2.24, 2.45) is 0 Å². The molecule has 1 N–H and O–H groups in total. The Balaban J connectivity index is 1.50. The van der Waals surface area contributed by atoms with Gasteiger partial charge in [0.05, 0.1) is 17.4 Å². The zero-order chi connectivity index (χ0) is 20.2. The summed E-state index contributed by atoms with van der Waals surface area (Å²) in [5.41, 5.74) is 3.01. The molecule has 0 radical (unpaired) electrons. The first-order valence-electron chi connectivity index (χ1n) is 9.89. The Hall–Kier alpha value is -2.70. The molecule has 2 aromatic carbocycles. The molecular weight excluding hydrogens is 386 g/mol. The molecule has 6 nitrogen and oxygen atoms in total. The van der Waals surface area contributed by atoms with Gasteiger partial charge in [-0.15, -0.1) is 5.10 Å². The maximum atomic E-state index is 12.9. The van der Waals surface area contributed by atoms with Gasteiger partial charge in [-0.2, -0.15) is 0 Å². The third-order valence-electron chi connectivity index (χ3n) is 5.38. The maximum absolute atomic E-state index is 12.9. The monoisotopic (exact) mass is 409 g/mol. The largest absolute Gasteiger partial charge is 0.349 e. The van der Waals surface area contributed by atoms with E-state index in [1.165, 1.54) is 18.4 Å². The zero-order valence-electron chi connectivity index (χ0n) is 16.4. The van der Waals surface area contributed by atoms with Gasteiger partial charge in [0.1, 0.15) is 0 Å². The first kappa shape index (κ1) is 19.6. The summed E-state index contributed by atoms with van der Waals surface area (Å²) >= 11 is 6.08. The number of hydrogen-bond acceptors (Lipinski definition) is 4. The lowest BCUT2D eigenvalue weighted by molar-refractivity contribution is 0.0932.